The minimum absolute atomic E-state index is 0.0262. The van der Waals surface area contributed by atoms with Gasteiger partial charge in [0.25, 0.3) is 11.5 Å². The highest BCUT2D eigenvalue weighted by atomic mass is 35.5. The molecule has 1 unspecified atom stereocenters. The number of H-pyrrole nitrogens is 1. The van der Waals surface area contributed by atoms with Crippen LogP contribution in [0, 0.1) is 5.82 Å². The van der Waals surface area contributed by atoms with E-state index < -0.39 is 17.1 Å². The summed E-state index contributed by atoms with van der Waals surface area (Å²) >= 11 is 5.86. The normalized spacial score (nSPS) is 15.1. The Labute approximate surface area is 188 Å². The Morgan fingerprint density at radius 2 is 1.75 bits per heavy atom. The van der Waals surface area contributed by atoms with Crippen molar-refractivity contribution in [2.45, 2.75) is 18.7 Å². The van der Waals surface area contributed by atoms with Gasteiger partial charge < -0.3 is 9.80 Å². The number of aromatic nitrogens is 2. The highest BCUT2D eigenvalue weighted by Crippen LogP contribution is 2.20. The number of piperazine rings is 1. The lowest BCUT2D eigenvalue weighted by atomic mass is 10.0. The van der Waals surface area contributed by atoms with Crippen LogP contribution in [0.15, 0.2) is 47.3 Å². The number of halogens is 2. The fourth-order valence-electron chi connectivity index (χ4n) is 3.90. The molecule has 1 fully saturated rings. The summed E-state index contributed by atoms with van der Waals surface area (Å²) in [5, 5.41) is 7.25. The number of rotatable bonds is 4. The molecule has 1 atom stereocenters. The lowest BCUT2D eigenvalue weighted by molar-refractivity contribution is -0.131. The van der Waals surface area contributed by atoms with Gasteiger partial charge in [0.1, 0.15) is 11.2 Å². The predicted molar refractivity (Wildman–Crippen MR) is 119 cm³/mol. The van der Waals surface area contributed by atoms with Gasteiger partial charge in [0, 0.05) is 38.0 Å². The van der Waals surface area contributed by atoms with Crippen LogP contribution in [0.2, 0.25) is 0 Å². The molecule has 3 aromatic rings. The minimum Gasteiger partial charge on any atom is -0.338 e. The Morgan fingerprint density at radius 1 is 1.09 bits per heavy atom. The molecule has 0 saturated carbocycles. The van der Waals surface area contributed by atoms with Crippen molar-refractivity contribution < 1.29 is 14.0 Å². The number of nitrogens with zero attached hydrogens (tertiary/aromatic N) is 3. The first kappa shape index (κ1) is 22.0. The molecular formula is C23H22ClFN4O3. The van der Waals surface area contributed by atoms with Crippen molar-refractivity contribution in [1.82, 2.24) is 20.0 Å². The molecule has 0 radical (unpaired) electrons. The molecule has 0 aliphatic carbocycles. The van der Waals surface area contributed by atoms with E-state index in [1.165, 1.54) is 12.1 Å². The average molecular weight is 457 g/mol. The second-order valence-electron chi connectivity index (χ2n) is 7.77. The number of carbonyl (C=O) groups excluding carboxylic acids is 2. The van der Waals surface area contributed by atoms with Gasteiger partial charge in [-0.05, 0) is 30.7 Å². The summed E-state index contributed by atoms with van der Waals surface area (Å²) < 4.78 is 14.5. The number of carbonyl (C=O) groups is 2. The van der Waals surface area contributed by atoms with E-state index in [1.54, 1.807) is 34.9 Å². The van der Waals surface area contributed by atoms with Gasteiger partial charge in [0.2, 0.25) is 5.91 Å². The van der Waals surface area contributed by atoms with E-state index in [-0.39, 0.29) is 17.0 Å². The van der Waals surface area contributed by atoms with E-state index in [9.17, 15) is 18.8 Å². The molecule has 1 aliphatic rings. The number of amides is 2. The first-order valence-electron chi connectivity index (χ1n) is 10.3. The maximum Gasteiger partial charge on any atom is 0.272 e. The van der Waals surface area contributed by atoms with E-state index in [0.717, 1.165) is 0 Å². The van der Waals surface area contributed by atoms with Crippen LogP contribution in [0.4, 0.5) is 4.39 Å². The van der Waals surface area contributed by atoms with Gasteiger partial charge >= 0.3 is 0 Å². The van der Waals surface area contributed by atoms with Crippen LogP contribution in [0.5, 0.6) is 0 Å². The van der Waals surface area contributed by atoms with Crippen molar-refractivity contribution in [2.75, 3.05) is 26.2 Å². The number of alkyl halides is 1. The lowest BCUT2D eigenvalue weighted by Crippen LogP contribution is -2.52. The monoisotopic (exact) mass is 456 g/mol. The second kappa shape index (κ2) is 9.08. The summed E-state index contributed by atoms with van der Waals surface area (Å²) in [7, 11) is 0. The predicted octanol–water partition coefficient (Wildman–Crippen LogP) is 2.56. The first-order valence-corrected chi connectivity index (χ1v) is 10.8. The molecule has 2 amide bonds. The van der Waals surface area contributed by atoms with Crippen molar-refractivity contribution in [2.24, 2.45) is 0 Å². The van der Waals surface area contributed by atoms with Gasteiger partial charge in [-0.1, -0.05) is 24.3 Å². The maximum atomic E-state index is 14.5. The molecule has 2 heterocycles. The van der Waals surface area contributed by atoms with Gasteiger partial charge in [-0.2, -0.15) is 5.10 Å². The van der Waals surface area contributed by atoms with Crippen LogP contribution < -0.4 is 5.56 Å². The number of fused-ring (bicyclic) bond motifs is 1. The molecule has 0 spiro atoms. The number of aromatic amines is 1. The lowest BCUT2D eigenvalue weighted by Gasteiger charge is -2.35. The summed E-state index contributed by atoms with van der Waals surface area (Å²) in [5.41, 5.74) is 1.03. The Balaban J connectivity index is 1.54. The molecule has 166 valence electrons. The summed E-state index contributed by atoms with van der Waals surface area (Å²) in [5.74, 6) is -1.20. The molecule has 2 aromatic carbocycles. The largest absolute Gasteiger partial charge is 0.338 e. The Morgan fingerprint density at radius 3 is 2.44 bits per heavy atom. The van der Waals surface area contributed by atoms with Crippen LogP contribution in [0.3, 0.4) is 0 Å². The second-order valence-corrected chi connectivity index (χ2v) is 8.42. The van der Waals surface area contributed by atoms with Crippen LogP contribution in [-0.2, 0) is 11.2 Å². The van der Waals surface area contributed by atoms with Crippen molar-refractivity contribution in [1.29, 1.82) is 0 Å². The van der Waals surface area contributed by atoms with Crippen molar-refractivity contribution >= 4 is 34.2 Å². The van der Waals surface area contributed by atoms with E-state index in [4.69, 9.17) is 11.6 Å². The quantitative estimate of drug-likeness (QED) is 0.611. The molecule has 32 heavy (non-hydrogen) atoms. The molecule has 1 aliphatic heterocycles. The molecule has 1 aromatic heterocycles. The molecule has 1 saturated heterocycles. The van der Waals surface area contributed by atoms with E-state index in [2.05, 4.69) is 10.2 Å². The van der Waals surface area contributed by atoms with Crippen molar-refractivity contribution in [3.8, 4) is 0 Å². The summed E-state index contributed by atoms with van der Waals surface area (Å²) in [6, 6.07) is 11.5. The molecule has 7 nitrogen and oxygen atoms in total. The number of benzene rings is 2. The highest BCUT2D eigenvalue weighted by molar-refractivity contribution is 6.30. The van der Waals surface area contributed by atoms with E-state index in [0.29, 0.717) is 54.6 Å². The third-order valence-electron chi connectivity index (χ3n) is 5.63. The average Bonchev–Trinajstić information content (AvgIpc) is 2.81. The number of nitrogens with one attached hydrogen (secondary N) is 1. The fraction of sp³-hybridized carbons (Fsp3) is 0.304. The SMILES string of the molecule is CC(Cl)C(=O)N1CCN(C(=O)c2cc(Cc3n[nH]c(=O)c4ccccc34)ccc2F)CC1. The molecule has 9 heteroatoms. The Kier molecular flexibility index (Phi) is 6.23. The smallest absolute Gasteiger partial charge is 0.272 e. The van der Waals surface area contributed by atoms with Crippen LogP contribution >= 0.6 is 11.6 Å². The fourth-order valence-corrected chi connectivity index (χ4v) is 4.04. The zero-order chi connectivity index (χ0) is 22.8. The molecule has 1 N–H and O–H groups in total. The number of hydrogen-bond acceptors (Lipinski definition) is 4. The third-order valence-corrected chi connectivity index (χ3v) is 5.81. The molecule has 4 rings (SSSR count). The summed E-state index contributed by atoms with van der Waals surface area (Å²) in [4.78, 5) is 40.2. The standard InChI is InChI=1S/C23H22ClFN4O3/c1-14(24)22(31)28-8-10-29(11-9-28)23(32)18-12-15(6-7-19(18)25)13-20-16-4-2-3-5-17(16)21(30)27-26-20/h2-7,12,14H,8-11,13H2,1H3,(H,27,30). The van der Waals surface area contributed by atoms with Crippen LogP contribution in [0.1, 0.15) is 28.5 Å². The highest BCUT2D eigenvalue weighted by Gasteiger charge is 2.28. The topological polar surface area (TPSA) is 86.4 Å². The van der Waals surface area contributed by atoms with Gasteiger partial charge in [0.05, 0.1) is 16.6 Å². The van der Waals surface area contributed by atoms with E-state index >= 15 is 0 Å². The molecule has 0 bridgehead atoms. The first-order chi connectivity index (χ1) is 15.3. The van der Waals surface area contributed by atoms with Crippen LogP contribution in [0.25, 0.3) is 10.8 Å². The Bertz CT molecular complexity index is 1240. The third kappa shape index (κ3) is 4.36. The van der Waals surface area contributed by atoms with Gasteiger partial charge in [-0.15, -0.1) is 11.6 Å². The van der Waals surface area contributed by atoms with Gasteiger partial charge in [-0.3, -0.25) is 14.4 Å². The Hall–Kier alpha value is -3.26. The summed E-state index contributed by atoms with van der Waals surface area (Å²) in [6.45, 7) is 2.95. The zero-order valence-electron chi connectivity index (χ0n) is 17.5. The zero-order valence-corrected chi connectivity index (χ0v) is 18.2. The summed E-state index contributed by atoms with van der Waals surface area (Å²) in [6.07, 6.45) is 0.327. The van der Waals surface area contributed by atoms with Crippen LogP contribution in [-0.4, -0.2) is 63.4 Å². The van der Waals surface area contributed by atoms with Crippen molar-refractivity contribution in [3.63, 3.8) is 0 Å². The minimum atomic E-state index is -0.621. The molecular weight excluding hydrogens is 435 g/mol. The van der Waals surface area contributed by atoms with Crippen molar-refractivity contribution in [3.05, 3.63) is 75.5 Å². The number of hydrogen-bond donors (Lipinski definition) is 1. The van der Waals surface area contributed by atoms with Gasteiger partial charge in [0.15, 0.2) is 0 Å². The van der Waals surface area contributed by atoms with E-state index in [1.807, 2.05) is 12.1 Å². The van der Waals surface area contributed by atoms with Gasteiger partial charge in [-0.25, -0.2) is 9.49 Å². The maximum absolute atomic E-state index is 14.5.